The minimum atomic E-state index is 0.257. The van der Waals surface area contributed by atoms with E-state index in [1.165, 1.54) is 24.4 Å². The first-order valence-electron chi connectivity index (χ1n) is 6.77. The number of nitrogens with zero attached hydrogens (tertiary/aromatic N) is 4. The Kier molecular flexibility index (Phi) is 4.23. The summed E-state index contributed by atoms with van der Waals surface area (Å²) in [4.78, 5) is 6.80. The third kappa shape index (κ3) is 3.09. The zero-order chi connectivity index (χ0) is 14.7. The molecule has 21 heavy (non-hydrogen) atoms. The lowest BCUT2D eigenvalue weighted by molar-refractivity contribution is 0.932. The topological polar surface area (TPSA) is 64.8 Å². The van der Waals surface area contributed by atoms with Gasteiger partial charge in [-0.05, 0) is 36.0 Å². The number of anilines is 2. The highest BCUT2D eigenvalue weighted by atomic mass is 35.5. The molecule has 2 aromatic rings. The summed E-state index contributed by atoms with van der Waals surface area (Å²) in [6.45, 7) is 2.78. The van der Waals surface area contributed by atoms with Crippen LogP contribution in [-0.4, -0.2) is 22.4 Å². The Morgan fingerprint density at radius 3 is 2.86 bits per heavy atom. The average Bonchev–Trinajstić information content (AvgIpc) is 3.15. The molecule has 7 heteroatoms. The molecule has 0 saturated carbocycles. The van der Waals surface area contributed by atoms with Crippen molar-refractivity contribution in [2.24, 2.45) is 0 Å². The molecule has 1 saturated heterocycles. The van der Waals surface area contributed by atoms with Crippen molar-refractivity contribution in [1.29, 1.82) is 5.26 Å². The second kappa shape index (κ2) is 6.29. The van der Waals surface area contributed by atoms with Gasteiger partial charge in [0.25, 0.3) is 0 Å². The smallest absolute Gasteiger partial charge is 0.162 e. The lowest BCUT2D eigenvalue weighted by Crippen LogP contribution is -2.18. The Labute approximate surface area is 132 Å². The van der Waals surface area contributed by atoms with Crippen LogP contribution >= 0.6 is 23.1 Å². The van der Waals surface area contributed by atoms with Gasteiger partial charge in [-0.15, -0.1) is 0 Å². The van der Waals surface area contributed by atoms with Crippen LogP contribution in [-0.2, 0) is 6.54 Å². The van der Waals surface area contributed by atoms with E-state index < -0.39 is 0 Å². The van der Waals surface area contributed by atoms with E-state index in [9.17, 15) is 0 Å². The van der Waals surface area contributed by atoms with Crippen LogP contribution in [0.3, 0.4) is 0 Å². The molecule has 0 bridgehead atoms. The van der Waals surface area contributed by atoms with E-state index in [-0.39, 0.29) is 5.15 Å². The summed E-state index contributed by atoms with van der Waals surface area (Å²) < 4.78 is 3.97. The zero-order valence-electron chi connectivity index (χ0n) is 11.3. The van der Waals surface area contributed by atoms with Crippen LogP contribution in [0.4, 0.5) is 10.8 Å². The van der Waals surface area contributed by atoms with Crippen molar-refractivity contribution in [2.75, 3.05) is 23.3 Å². The summed E-state index contributed by atoms with van der Waals surface area (Å²) in [6.07, 6.45) is 4.36. The molecule has 3 heterocycles. The van der Waals surface area contributed by atoms with Gasteiger partial charge < -0.3 is 10.2 Å². The SMILES string of the molecule is N#Cc1c(Cl)nsc1NCc1ccc(N2CCCC2)nc1. The first-order chi connectivity index (χ1) is 10.3. The minimum absolute atomic E-state index is 0.257. The molecule has 0 aliphatic carbocycles. The van der Waals surface area contributed by atoms with Gasteiger partial charge in [0.05, 0.1) is 0 Å². The van der Waals surface area contributed by atoms with Crippen molar-refractivity contribution in [3.63, 3.8) is 0 Å². The molecular formula is C14H14ClN5S. The van der Waals surface area contributed by atoms with Crippen molar-refractivity contribution in [3.05, 3.63) is 34.6 Å². The van der Waals surface area contributed by atoms with Gasteiger partial charge in [-0.2, -0.15) is 9.64 Å². The number of aromatic nitrogens is 2. The van der Waals surface area contributed by atoms with E-state index in [1.807, 2.05) is 12.3 Å². The third-order valence-corrected chi connectivity index (χ3v) is 4.63. The Bertz CT molecular complexity index is 655. The fourth-order valence-corrected chi connectivity index (χ4v) is 3.25. The molecule has 1 N–H and O–H groups in total. The second-order valence-electron chi connectivity index (χ2n) is 4.86. The highest BCUT2D eigenvalue weighted by Crippen LogP contribution is 2.28. The Balaban J connectivity index is 1.64. The van der Waals surface area contributed by atoms with Gasteiger partial charge in [-0.1, -0.05) is 17.7 Å². The molecule has 3 rings (SSSR count). The van der Waals surface area contributed by atoms with E-state index in [1.54, 1.807) is 0 Å². The Morgan fingerprint density at radius 1 is 1.38 bits per heavy atom. The number of nitriles is 1. The summed E-state index contributed by atoms with van der Waals surface area (Å²) in [5, 5.41) is 13.2. The largest absolute Gasteiger partial charge is 0.370 e. The van der Waals surface area contributed by atoms with Crippen LogP contribution in [0.15, 0.2) is 18.3 Å². The first kappa shape index (κ1) is 14.1. The van der Waals surface area contributed by atoms with Crippen molar-refractivity contribution >= 4 is 34.0 Å². The predicted octanol–water partition coefficient (Wildman–Crippen LogP) is 3.28. The van der Waals surface area contributed by atoms with Crippen molar-refractivity contribution in [1.82, 2.24) is 9.36 Å². The molecule has 1 fully saturated rings. The molecule has 0 aromatic carbocycles. The van der Waals surface area contributed by atoms with Crippen LogP contribution in [0, 0.1) is 11.3 Å². The number of nitrogens with one attached hydrogen (secondary N) is 1. The molecule has 2 aromatic heterocycles. The summed E-state index contributed by atoms with van der Waals surface area (Å²) in [5.41, 5.74) is 1.47. The molecule has 0 unspecified atom stereocenters. The molecule has 5 nitrogen and oxygen atoms in total. The van der Waals surface area contributed by atoms with E-state index in [2.05, 4.69) is 31.7 Å². The normalized spacial score (nSPS) is 14.2. The van der Waals surface area contributed by atoms with Gasteiger partial charge >= 0.3 is 0 Å². The van der Waals surface area contributed by atoms with Crippen LogP contribution in [0.5, 0.6) is 0 Å². The summed E-state index contributed by atoms with van der Waals surface area (Å²) in [6, 6.07) is 6.16. The Hall–Kier alpha value is -1.84. The summed E-state index contributed by atoms with van der Waals surface area (Å²) in [5.74, 6) is 1.04. The van der Waals surface area contributed by atoms with E-state index >= 15 is 0 Å². The maximum absolute atomic E-state index is 9.02. The van der Waals surface area contributed by atoms with E-state index in [4.69, 9.17) is 16.9 Å². The van der Waals surface area contributed by atoms with Gasteiger partial charge in [0.15, 0.2) is 5.15 Å². The highest BCUT2D eigenvalue weighted by Gasteiger charge is 2.14. The average molecular weight is 320 g/mol. The van der Waals surface area contributed by atoms with Crippen molar-refractivity contribution in [2.45, 2.75) is 19.4 Å². The van der Waals surface area contributed by atoms with E-state index in [0.29, 0.717) is 17.1 Å². The van der Waals surface area contributed by atoms with Crippen molar-refractivity contribution in [3.8, 4) is 6.07 Å². The zero-order valence-corrected chi connectivity index (χ0v) is 12.9. The molecule has 108 valence electrons. The summed E-state index contributed by atoms with van der Waals surface area (Å²) in [7, 11) is 0. The fourth-order valence-electron chi connectivity index (χ4n) is 2.33. The van der Waals surface area contributed by atoms with Gasteiger partial charge in [0.1, 0.15) is 22.5 Å². The monoisotopic (exact) mass is 319 g/mol. The predicted molar refractivity (Wildman–Crippen MR) is 84.8 cm³/mol. The molecule has 0 radical (unpaired) electrons. The summed E-state index contributed by atoms with van der Waals surface area (Å²) >= 11 is 7.04. The molecule has 0 spiro atoms. The molecule has 1 aliphatic heterocycles. The van der Waals surface area contributed by atoms with E-state index in [0.717, 1.165) is 24.5 Å². The Morgan fingerprint density at radius 2 is 2.19 bits per heavy atom. The quantitative estimate of drug-likeness (QED) is 0.937. The van der Waals surface area contributed by atoms with Crippen LogP contribution in [0.25, 0.3) is 0 Å². The number of pyridine rings is 1. The highest BCUT2D eigenvalue weighted by molar-refractivity contribution is 7.10. The first-order valence-corrected chi connectivity index (χ1v) is 7.92. The van der Waals surface area contributed by atoms with Crippen LogP contribution < -0.4 is 10.2 Å². The fraction of sp³-hybridized carbons (Fsp3) is 0.357. The third-order valence-electron chi connectivity index (χ3n) is 3.45. The maximum atomic E-state index is 9.02. The lowest BCUT2D eigenvalue weighted by Gasteiger charge is -2.16. The number of rotatable bonds is 4. The van der Waals surface area contributed by atoms with Gasteiger partial charge in [-0.25, -0.2) is 4.98 Å². The molecule has 1 aliphatic rings. The minimum Gasteiger partial charge on any atom is -0.370 e. The number of hydrogen-bond donors (Lipinski definition) is 1. The number of hydrogen-bond acceptors (Lipinski definition) is 6. The van der Waals surface area contributed by atoms with Crippen molar-refractivity contribution < 1.29 is 0 Å². The molecular weight excluding hydrogens is 306 g/mol. The van der Waals surface area contributed by atoms with Crippen LogP contribution in [0.1, 0.15) is 24.0 Å². The second-order valence-corrected chi connectivity index (χ2v) is 5.99. The van der Waals surface area contributed by atoms with Gasteiger partial charge in [-0.3, -0.25) is 0 Å². The van der Waals surface area contributed by atoms with Gasteiger partial charge in [0, 0.05) is 25.8 Å². The maximum Gasteiger partial charge on any atom is 0.162 e. The lowest BCUT2D eigenvalue weighted by atomic mass is 10.2. The molecule has 0 amide bonds. The standard InChI is InChI=1S/C14H14ClN5S/c15-13-11(7-16)14(21-19-13)18-9-10-3-4-12(17-8-10)20-5-1-2-6-20/h3-4,8,18H,1-2,5-6,9H2. The number of halogens is 1. The van der Waals surface area contributed by atoms with Crippen LogP contribution in [0.2, 0.25) is 5.15 Å². The van der Waals surface area contributed by atoms with Gasteiger partial charge in [0.2, 0.25) is 0 Å². The molecule has 0 atom stereocenters.